The number of fused-ring (bicyclic) bond motifs is 1. The lowest BCUT2D eigenvalue weighted by atomic mass is 10.3. The predicted octanol–water partition coefficient (Wildman–Crippen LogP) is 4.83. The summed E-state index contributed by atoms with van der Waals surface area (Å²) < 4.78 is 14.5. The highest BCUT2D eigenvalue weighted by Gasteiger charge is 2.06. The Morgan fingerprint density at radius 3 is 2.83 bits per heavy atom. The standard InChI is InChI=1S/C13H8ClFN2S/c14-8-5-6-12-11(7-8)17-13(18-12)16-10-4-2-1-3-9(10)15/h1-7H,(H,16,17). The number of anilines is 2. The highest BCUT2D eigenvalue weighted by Crippen LogP contribution is 2.30. The highest BCUT2D eigenvalue weighted by atomic mass is 35.5. The summed E-state index contributed by atoms with van der Waals surface area (Å²) in [5, 5.41) is 4.26. The Morgan fingerprint density at radius 2 is 2.00 bits per heavy atom. The van der Waals surface area contributed by atoms with Crippen LogP contribution in [0.1, 0.15) is 0 Å². The predicted molar refractivity (Wildman–Crippen MR) is 74.3 cm³/mol. The molecule has 1 heterocycles. The van der Waals surface area contributed by atoms with Gasteiger partial charge in [-0.25, -0.2) is 9.37 Å². The Kier molecular flexibility index (Phi) is 2.89. The Balaban J connectivity index is 1.98. The van der Waals surface area contributed by atoms with Crippen molar-refractivity contribution >= 4 is 44.0 Å². The second-order valence-electron chi connectivity index (χ2n) is 3.74. The Hall–Kier alpha value is -1.65. The van der Waals surface area contributed by atoms with Crippen LogP contribution in [0.3, 0.4) is 0 Å². The van der Waals surface area contributed by atoms with Crippen LogP contribution in [0, 0.1) is 5.82 Å². The molecule has 0 atom stereocenters. The van der Waals surface area contributed by atoms with Crippen LogP contribution in [0.25, 0.3) is 10.2 Å². The van der Waals surface area contributed by atoms with Gasteiger partial charge >= 0.3 is 0 Å². The van der Waals surface area contributed by atoms with Gasteiger partial charge in [0.05, 0.1) is 15.9 Å². The second kappa shape index (κ2) is 4.55. The van der Waals surface area contributed by atoms with Gasteiger partial charge in [-0.15, -0.1) is 0 Å². The first-order valence-electron chi connectivity index (χ1n) is 5.30. The van der Waals surface area contributed by atoms with Crippen molar-refractivity contribution in [2.75, 3.05) is 5.32 Å². The number of hydrogen-bond donors (Lipinski definition) is 1. The molecule has 0 aliphatic rings. The lowest BCUT2D eigenvalue weighted by molar-refractivity contribution is 0.632. The minimum absolute atomic E-state index is 0.296. The first-order chi connectivity index (χ1) is 8.72. The van der Waals surface area contributed by atoms with Crippen LogP contribution in [-0.4, -0.2) is 4.98 Å². The summed E-state index contributed by atoms with van der Waals surface area (Å²) in [7, 11) is 0. The summed E-state index contributed by atoms with van der Waals surface area (Å²) in [6, 6.07) is 12.0. The maximum atomic E-state index is 13.5. The zero-order valence-corrected chi connectivity index (χ0v) is 10.7. The molecule has 2 nitrogen and oxygen atoms in total. The fraction of sp³-hybridized carbons (Fsp3) is 0. The third kappa shape index (κ3) is 2.17. The van der Waals surface area contributed by atoms with E-state index < -0.39 is 0 Å². The van der Waals surface area contributed by atoms with Gasteiger partial charge in [0.25, 0.3) is 0 Å². The van der Waals surface area contributed by atoms with E-state index in [1.807, 2.05) is 12.1 Å². The number of nitrogens with one attached hydrogen (secondary N) is 1. The molecule has 5 heteroatoms. The average Bonchev–Trinajstić information content (AvgIpc) is 2.73. The molecular formula is C13H8ClFN2S. The minimum atomic E-state index is -0.296. The van der Waals surface area contributed by atoms with Crippen LogP contribution in [0.15, 0.2) is 42.5 Å². The van der Waals surface area contributed by atoms with Crippen molar-refractivity contribution in [1.82, 2.24) is 4.98 Å². The monoisotopic (exact) mass is 278 g/mol. The van der Waals surface area contributed by atoms with E-state index in [0.29, 0.717) is 15.8 Å². The SMILES string of the molecule is Fc1ccccc1Nc1nc2cc(Cl)ccc2s1. The van der Waals surface area contributed by atoms with Crippen molar-refractivity contribution in [2.45, 2.75) is 0 Å². The fourth-order valence-electron chi connectivity index (χ4n) is 1.63. The maximum absolute atomic E-state index is 13.5. The zero-order chi connectivity index (χ0) is 12.5. The van der Waals surface area contributed by atoms with Gasteiger partial charge in [-0.3, -0.25) is 0 Å². The lowest BCUT2D eigenvalue weighted by Gasteiger charge is -2.02. The lowest BCUT2D eigenvalue weighted by Crippen LogP contribution is -1.91. The first-order valence-corrected chi connectivity index (χ1v) is 6.49. The van der Waals surface area contributed by atoms with Crippen molar-refractivity contribution in [1.29, 1.82) is 0 Å². The van der Waals surface area contributed by atoms with Crippen LogP contribution in [0.5, 0.6) is 0 Å². The van der Waals surface area contributed by atoms with E-state index in [2.05, 4.69) is 10.3 Å². The minimum Gasteiger partial charge on any atom is -0.329 e. The summed E-state index contributed by atoms with van der Waals surface area (Å²) in [6.45, 7) is 0. The number of thiazole rings is 1. The third-order valence-corrected chi connectivity index (χ3v) is 3.65. The van der Waals surface area contributed by atoms with E-state index in [0.717, 1.165) is 10.2 Å². The molecule has 0 aliphatic heterocycles. The summed E-state index contributed by atoms with van der Waals surface area (Å²) in [5.74, 6) is -0.296. The molecule has 3 aromatic rings. The molecule has 90 valence electrons. The number of benzene rings is 2. The van der Waals surface area contributed by atoms with E-state index >= 15 is 0 Å². The third-order valence-electron chi connectivity index (χ3n) is 2.47. The quantitative estimate of drug-likeness (QED) is 0.726. The number of hydrogen-bond acceptors (Lipinski definition) is 3. The molecule has 3 rings (SSSR count). The van der Waals surface area contributed by atoms with E-state index in [1.165, 1.54) is 17.4 Å². The molecule has 0 radical (unpaired) electrons. The average molecular weight is 279 g/mol. The van der Waals surface area contributed by atoms with Crippen molar-refractivity contribution < 1.29 is 4.39 Å². The normalized spacial score (nSPS) is 10.8. The van der Waals surface area contributed by atoms with Crippen molar-refractivity contribution in [3.63, 3.8) is 0 Å². The van der Waals surface area contributed by atoms with Crippen molar-refractivity contribution in [2.24, 2.45) is 0 Å². The number of aromatic nitrogens is 1. The van der Waals surface area contributed by atoms with Gasteiger partial charge in [0.1, 0.15) is 5.82 Å². The molecule has 0 unspecified atom stereocenters. The summed E-state index contributed by atoms with van der Waals surface area (Å²) in [6.07, 6.45) is 0. The van der Waals surface area contributed by atoms with Crippen molar-refractivity contribution in [3.8, 4) is 0 Å². The fourth-order valence-corrected chi connectivity index (χ4v) is 2.66. The molecule has 1 N–H and O–H groups in total. The molecule has 0 saturated carbocycles. The van der Waals surface area contributed by atoms with E-state index in [9.17, 15) is 4.39 Å². The molecular weight excluding hydrogens is 271 g/mol. The smallest absolute Gasteiger partial charge is 0.188 e. The van der Waals surface area contributed by atoms with Gasteiger partial charge in [0, 0.05) is 5.02 Å². The number of rotatable bonds is 2. The molecule has 18 heavy (non-hydrogen) atoms. The molecule has 0 spiro atoms. The largest absolute Gasteiger partial charge is 0.329 e. The maximum Gasteiger partial charge on any atom is 0.188 e. The Morgan fingerprint density at radius 1 is 1.17 bits per heavy atom. The van der Waals surface area contributed by atoms with Crippen LogP contribution < -0.4 is 5.32 Å². The van der Waals surface area contributed by atoms with Gasteiger partial charge in [-0.1, -0.05) is 35.1 Å². The van der Waals surface area contributed by atoms with Gasteiger partial charge in [-0.05, 0) is 30.3 Å². The van der Waals surface area contributed by atoms with Crippen LogP contribution in [0.4, 0.5) is 15.2 Å². The van der Waals surface area contributed by atoms with Crippen molar-refractivity contribution in [3.05, 3.63) is 53.3 Å². The highest BCUT2D eigenvalue weighted by molar-refractivity contribution is 7.22. The molecule has 0 fully saturated rings. The van der Waals surface area contributed by atoms with Gasteiger partial charge in [-0.2, -0.15) is 0 Å². The van der Waals surface area contributed by atoms with E-state index in [1.54, 1.807) is 24.3 Å². The topological polar surface area (TPSA) is 24.9 Å². The van der Waals surface area contributed by atoms with Crippen LogP contribution in [0.2, 0.25) is 5.02 Å². The Labute approximate surface area is 112 Å². The van der Waals surface area contributed by atoms with E-state index in [4.69, 9.17) is 11.6 Å². The number of para-hydroxylation sites is 1. The Bertz CT molecular complexity index is 711. The van der Waals surface area contributed by atoms with Gasteiger partial charge < -0.3 is 5.32 Å². The molecule has 2 aromatic carbocycles. The number of nitrogens with zero attached hydrogens (tertiary/aromatic N) is 1. The second-order valence-corrected chi connectivity index (χ2v) is 5.20. The van der Waals surface area contributed by atoms with Crippen LogP contribution >= 0.6 is 22.9 Å². The summed E-state index contributed by atoms with van der Waals surface area (Å²) in [5.41, 5.74) is 1.23. The van der Waals surface area contributed by atoms with E-state index in [-0.39, 0.29) is 5.82 Å². The molecule has 0 amide bonds. The molecule has 0 saturated heterocycles. The summed E-state index contributed by atoms with van der Waals surface area (Å²) >= 11 is 7.36. The van der Waals surface area contributed by atoms with Crippen LogP contribution in [-0.2, 0) is 0 Å². The number of halogens is 2. The van der Waals surface area contributed by atoms with Gasteiger partial charge in [0.2, 0.25) is 0 Å². The van der Waals surface area contributed by atoms with Gasteiger partial charge in [0.15, 0.2) is 5.13 Å². The summed E-state index contributed by atoms with van der Waals surface area (Å²) in [4.78, 5) is 4.37. The molecule has 0 aliphatic carbocycles. The molecule has 1 aromatic heterocycles. The zero-order valence-electron chi connectivity index (χ0n) is 9.15. The molecule has 0 bridgehead atoms. The first kappa shape index (κ1) is 11.4.